The fourth-order valence-electron chi connectivity index (χ4n) is 0.898. The standard InChI is InChI=1S/C6H9NO4/c1-3-5(6(9)10)7-4(8)2-11-3/h3,5H,2H2,1H3,(H,7,8)(H,9,10)/t3-,5+/m0/s1. The van der Waals surface area contributed by atoms with E-state index >= 15 is 0 Å². The highest BCUT2D eigenvalue weighted by molar-refractivity contribution is 5.85. The number of carboxylic acid groups (broad SMARTS) is 1. The molecule has 0 radical (unpaired) electrons. The molecule has 2 atom stereocenters. The number of carbonyl (C=O) groups excluding carboxylic acids is 1. The van der Waals surface area contributed by atoms with E-state index in [9.17, 15) is 9.59 Å². The molecule has 1 aliphatic heterocycles. The number of carboxylic acids is 1. The number of carbonyl (C=O) groups is 2. The van der Waals surface area contributed by atoms with Gasteiger partial charge in [-0.2, -0.15) is 0 Å². The van der Waals surface area contributed by atoms with Crippen LogP contribution in [0.25, 0.3) is 0 Å². The van der Waals surface area contributed by atoms with Crippen LogP contribution >= 0.6 is 0 Å². The Hall–Kier alpha value is -1.10. The van der Waals surface area contributed by atoms with Gasteiger partial charge in [-0.1, -0.05) is 0 Å². The van der Waals surface area contributed by atoms with Crippen molar-refractivity contribution in [1.82, 2.24) is 5.32 Å². The van der Waals surface area contributed by atoms with Crippen molar-refractivity contribution >= 4 is 11.9 Å². The molecule has 0 aliphatic carbocycles. The molecule has 1 amide bonds. The average Bonchev–Trinajstić information content (AvgIpc) is 1.94. The molecular weight excluding hydrogens is 150 g/mol. The number of amides is 1. The highest BCUT2D eigenvalue weighted by Crippen LogP contribution is 2.03. The molecule has 1 heterocycles. The molecule has 0 bridgehead atoms. The fourth-order valence-corrected chi connectivity index (χ4v) is 0.898. The number of nitrogens with one attached hydrogen (secondary N) is 1. The second-order valence-electron chi connectivity index (χ2n) is 2.40. The van der Waals surface area contributed by atoms with Gasteiger partial charge in [0.05, 0.1) is 6.10 Å². The molecule has 0 aromatic carbocycles. The van der Waals surface area contributed by atoms with Crippen molar-refractivity contribution in [3.63, 3.8) is 0 Å². The average molecular weight is 159 g/mol. The number of morpholine rings is 1. The Morgan fingerprint density at radius 2 is 2.45 bits per heavy atom. The van der Waals surface area contributed by atoms with E-state index in [1.807, 2.05) is 0 Å². The van der Waals surface area contributed by atoms with Crippen molar-refractivity contribution in [1.29, 1.82) is 0 Å². The van der Waals surface area contributed by atoms with Crippen molar-refractivity contribution in [2.75, 3.05) is 6.61 Å². The lowest BCUT2D eigenvalue weighted by molar-refractivity contribution is -0.153. The molecule has 1 rings (SSSR count). The second-order valence-corrected chi connectivity index (χ2v) is 2.40. The van der Waals surface area contributed by atoms with Gasteiger partial charge in [0.25, 0.3) is 0 Å². The van der Waals surface area contributed by atoms with E-state index in [0.29, 0.717) is 0 Å². The van der Waals surface area contributed by atoms with Gasteiger partial charge >= 0.3 is 5.97 Å². The molecule has 62 valence electrons. The maximum Gasteiger partial charge on any atom is 0.328 e. The molecule has 1 saturated heterocycles. The number of ether oxygens (including phenoxy) is 1. The summed E-state index contributed by atoms with van der Waals surface area (Å²) in [7, 11) is 0. The van der Waals surface area contributed by atoms with Crippen molar-refractivity contribution in [2.24, 2.45) is 0 Å². The summed E-state index contributed by atoms with van der Waals surface area (Å²) in [6, 6.07) is -0.906. The summed E-state index contributed by atoms with van der Waals surface area (Å²) in [5.74, 6) is -1.44. The quantitative estimate of drug-likeness (QED) is 0.513. The van der Waals surface area contributed by atoms with Gasteiger partial charge in [0.2, 0.25) is 5.91 Å². The number of aliphatic carboxylic acids is 1. The van der Waals surface area contributed by atoms with Crippen LogP contribution in [0.2, 0.25) is 0 Å². The summed E-state index contributed by atoms with van der Waals surface area (Å²) in [5.41, 5.74) is 0. The Bertz CT molecular complexity index is 191. The first-order valence-corrected chi connectivity index (χ1v) is 3.25. The van der Waals surface area contributed by atoms with Gasteiger partial charge in [0.1, 0.15) is 6.61 Å². The molecule has 2 N–H and O–H groups in total. The summed E-state index contributed by atoms with van der Waals surface area (Å²) in [5, 5.41) is 10.8. The number of rotatable bonds is 1. The van der Waals surface area contributed by atoms with Gasteiger partial charge < -0.3 is 15.2 Å². The van der Waals surface area contributed by atoms with Crippen LogP contribution in [0.15, 0.2) is 0 Å². The molecule has 1 fully saturated rings. The monoisotopic (exact) mass is 159 g/mol. The third-order valence-corrected chi connectivity index (χ3v) is 1.53. The molecular formula is C6H9NO4. The third kappa shape index (κ3) is 1.68. The predicted molar refractivity (Wildman–Crippen MR) is 35.0 cm³/mol. The minimum absolute atomic E-state index is 0.0506. The molecule has 0 aromatic rings. The minimum Gasteiger partial charge on any atom is -0.480 e. The van der Waals surface area contributed by atoms with E-state index in [4.69, 9.17) is 9.84 Å². The molecule has 0 aromatic heterocycles. The van der Waals surface area contributed by atoms with Crippen LogP contribution in [0.3, 0.4) is 0 Å². The Morgan fingerprint density at radius 3 is 2.91 bits per heavy atom. The fraction of sp³-hybridized carbons (Fsp3) is 0.667. The van der Waals surface area contributed by atoms with Crippen LogP contribution in [0, 0.1) is 0 Å². The lowest BCUT2D eigenvalue weighted by Gasteiger charge is -2.26. The molecule has 0 unspecified atom stereocenters. The molecule has 0 spiro atoms. The van der Waals surface area contributed by atoms with Crippen LogP contribution in [-0.4, -0.2) is 35.7 Å². The topological polar surface area (TPSA) is 75.6 Å². The number of hydrogen-bond acceptors (Lipinski definition) is 3. The summed E-state index contributed by atoms with van der Waals surface area (Å²) < 4.78 is 4.87. The van der Waals surface area contributed by atoms with Gasteiger partial charge in [-0.05, 0) is 6.92 Å². The zero-order valence-corrected chi connectivity index (χ0v) is 6.03. The Balaban J connectivity index is 2.61. The Kier molecular flexibility index (Phi) is 2.09. The summed E-state index contributed by atoms with van der Waals surface area (Å²) >= 11 is 0. The van der Waals surface area contributed by atoms with Crippen LogP contribution in [0.1, 0.15) is 6.92 Å². The van der Waals surface area contributed by atoms with Gasteiger partial charge in [-0.15, -0.1) is 0 Å². The third-order valence-electron chi connectivity index (χ3n) is 1.53. The van der Waals surface area contributed by atoms with Crippen LogP contribution < -0.4 is 5.32 Å². The molecule has 5 nitrogen and oxygen atoms in total. The largest absolute Gasteiger partial charge is 0.480 e. The first kappa shape index (κ1) is 8.00. The van der Waals surface area contributed by atoms with Gasteiger partial charge in [0.15, 0.2) is 6.04 Å². The van der Waals surface area contributed by atoms with Crippen LogP contribution in [0.5, 0.6) is 0 Å². The van der Waals surface area contributed by atoms with E-state index in [2.05, 4.69) is 5.32 Å². The Morgan fingerprint density at radius 1 is 1.82 bits per heavy atom. The van der Waals surface area contributed by atoms with Crippen molar-refractivity contribution in [3.05, 3.63) is 0 Å². The Labute approximate surface area is 63.3 Å². The summed E-state index contributed by atoms with van der Waals surface area (Å²) in [6.07, 6.45) is -0.454. The van der Waals surface area contributed by atoms with Crippen LogP contribution in [0.4, 0.5) is 0 Å². The first-order chi connectivity index (χ1) is 5.11. The normalized spacial score (nSPS) is 31.2. The lowest BCUT2D eigenvalue weighted by Crippen LogP contribution is -2.54. The van der Waals surface area contributed by atoms with Crippen molar-refractivity contribution in [3.8, 4) is 0 Å². The SMILES string of the molecule is C[C@@H]1OCC(=O)N[C@H]1C(=O)O. The maximum absolute atomic E-state index is 10.6. The van der Waals surface area contributed by atoms with E-state index in [-0.39, 0.29) is 12.5 Å². The first-order valence-electron chi connectivity index (χ1n) is 3.25. The van der Waals surface area contributed by atoms with E-state index in [1.54, 1.807) is 6.92 Å². The zero-order chi connectivity index (χ0) is 8.43. The van der Waals surface area contributed by atoms with Crippen LogP contribution in [-0.2, 0) is 14.3 Å². The lowest BCUT2D eigenvalue weighted by atomic mass is 10.1. The molecule has 1 aliphatic rings. The van der Waals surface area contributed by atoms with E-state index in [0.717, 1.165) is 0 Å². The maximum atomic E-state index is 10.6. The van der Waals surface area contributed by atoms with Crippen molar-refractivity contribution < 1.29 is 19.4 Å². The molecule has 5 heteroatoms. The van der Waals surface area contributed by atoms with Gasteiger partial charge in [0, 0.05) is 0 Å². The zero-order valence-electron chi connectivity index (χ0n) is 6.03. The molecule has 0 saturated carbocycles. The van der Waals surface area contributed by atoms with Gasteiger partial charge in [-0.3, -0.25) is 4.79 Å². The highest BCUT2D eigenvalue weighted by atomic mass is 16.5. The number of hydrogen-bond donors (Lipinski definition) is 2. The van der Waals surface area contributed by atoms with E-state index < -0.39 is 18.1 Å². The minimum atomic E-state index is -1.06. The predicted octanol–water partition coefficient (Wildman–Crippen LogP) is -1.03. The smallest absolute Gasteiger partial charge is 0.328 e. The van der Waals surface area contributed by atoms with E-state index in [1.165, 1.54) is 0 Å². The summed E-state index contributed by atoms with van der Waals surface area (Å²) in [6.45, 7) is 1.56. The van der Waals surface area contributed by atoms with Gasteiger partial charge in [-0.25, -0.2) is 4.79 Å². The highest BCUT2D eigenvalue weighted by Gasteiger charge is 2.31. The molecule has 11 heavy (non-hydrogen) atoms. The summed E-state index contributed by atoms with van der Waals surface area (Å²) in [4.78, 5) is 21.0. The second kappa shape index (κ2) is 2.87. The van der Waals surface area contributed by atoms with Crippen molar-refractivity contribution in [2.45, 2.75) is 19.1 Å².